The van der Waals surface area contributed by atoms with Crippen LogP contribution in [0.3, 0.4) is 0 Å². The fraction of sp³-hybridized carbons (Fsp3) is 0.308. The monoisotopic (exact) mass is 464 g/mol. The Morgan fingerprint density at radius 2 is 1.94 bits per heavy atom. The summed E-state index contributed by atoms with van der Waals surface area (Å²) >= 11 is 3.04. The van der Waals surface area contributed by atoms with Crippen molar-refractivity contribution < 1.29 is 9.18 Å². The maximum Gasteiger partial charge on any atom is 0.205 e. The summed E-state index contributed by atoms with van der Waals surface area (Å²) in [6.45, 7) is 6.91. The summed E-state index contributed by atoms with van der Waals surface area (Å²) < 4.78 is 13.4. The van der Waals surface area contributed by atoms with Crippen LogP contribution >= 0.6 is 22.7 Å². The molecule has 1 aliphatic carbocycles. The number of benzene rings is 1. The second-order valence-corrected chi connectivity index (χ2v) is 11.5. The number of thiophene rings is 2. The Bertz CT molecular complexity index is 1320. The van der Waals surface area contributed by atoms with Gasteiger partial charge in [0.15, 0.2) is 0 Å². The summed E-state index contributed by atoms with van der Waals surface area (Å²) in [6, 6.07) is 9.80. The maximum atomic E-state index is 13.4. The third kappa shape index (κ3) is 3.55. The molecular weight excluding hydrogens is 439 g/mol. The molecule has 3 heterocycles. The third-order valence-corrected chi connectivity index (χ3v) is 8.53. The van der Waals surface area contributed by atoms with Crippen LogP contribution in [0, 0.1) is 17.2 Å². The van der Waals surface area contributed by atoms with Crippen molar-refractivity contribution in [1.29, 1.82) is 0 Å². The van der Waals surface area contributed by atoms with Gasteiger partial charge in [-0.2, -0.15) is 0 Å². The second-order valence-electron chi connectivity index (χ2n) is 9.56. The zero-order valence-electron chi connectivity index (χ0n) is 18.4. The van der Waals surface area contributed by atoms with E-state index in [2.05, 4.69) is 38.3 Å². The van der Waals surface area contributed by atoms with Crippen molar-refractivity contribution in [2.75, 3.05) is 5.73 Å². The molecule has 0 spiro atoms. The maximum absolute atomic E-state index is 13.4. The molecule has 6 heteroatoms. The molecule has 3 nitrogen and oxygen atoms in total. The number of anilines is 1. The molecular formula is C26H25FN2OS2. The summed E-state index contributed by atoms with van der Waals surface area (Å²) in [5, 5.41) is 2.96. The summed E-state index contributed by atoms with van der Waals surface area (Å²) in [5.41, 5.74) is 11.3. The Kier molecular flexibility index (Phi) is 5.18. The van der Waals surface area contributed by atoms with E-state index in [-0.39, 0.29) is 17.0 Å². The lowest BCUT2D eigenvalue weighted by atomic mass is 9.70. The lowest BCUT2D eigenvalue weighted by Crippen LogP contribution is -2.27. The highest BCUT2D eigenvalue weighted by molar-refractivity contribution is 7.21. The van der Waals surface area contributed by atoms with E-state index in [1.165, 1.54) is 41.2 Å². The molecule has 32 heavy (non-hydrogen) atoms. The lowest BCUT2D eigenvalue weighted by molar-refractivity contribution is 0.104. The van der Waals surface area contributed by atoms with E-state index >= 15 is 0 Å². The number of carbonyl (C=O) groups is 1. The standard InChI is InChI=1S/C26H25FN2OS2/c1-26(2,3)15-8-11-18-17(13-15)20(19-5-4-12-31-19)21-22(28)24(32-25(21)29-18)23(30)14-6-9-16(27)10-7-14/h4-7,9-10,12,15H,8,11,13,28H2,1-3H3/t15-/m0/s1. The summed E-state index contributed by atoms with van der Waals surface area (Å²) in [7, 11) is 0. The first-order chi connectivity index (χ1) is 15.2. The zero-order valence-corrected chi connectivity index (χ0v) is 20.0. The van der Waals surface area contributed by atoms with Crippen molar-refractivity contribution >= 4 is 44.4 Å². The molecule has 4 aromatic rings. The Morgan fingerprint density at radius 3 is 2.59 bits per heavy atom. The highest BCUT2D eigenvalue weighted by Crippen LogP contribution is 2.47. The number of fused-ring (bicyclic) bond motifs is 2. The minimum Gasteiger partial charge on any atom is -0.397 e. The first-order valence-corrected chi connectivity index (χ1v) is 12.5. The quantitative estimate of drug-likeness (QED) is 0.328. The van der Waals surface area contributed by atoms with Crippen molar-refractivity contribution in [3.8, 4) is 10.4 Å². The van der Waals surface area contributed by atoms with Crippen molar-refractivity contribution in [3.05, 3.63) is 69.3 Å². The van der Waals surface area contributed by atoms with Crippen LogP contribution in [0.2, 0.25) is 0 Å². The molecule has 1 aliphatic rings. The van der Waals surface area contributed by atoms with Crippen LogP contribution in [0.15, 0.2) is 41.8 Å². The van der Waals surface area contributed by atoms with Crippen molar-refractivity contribution in [3.63, 3.8) is 0 Å². The van der Waals surface area contributed by atoms with Gasteiger partial charge in [-0.05, 0) is 71.9 Å². The van der Waals surface area contributed by atoms with E-state index in [4.69, 9.17) is 10.7 Å². The number of rotatable bonds is 3. The molecule has 0 bridgehead atoms. The average molecular weight is 465 g/mol. The topological polar surface area (TPSA) is 56.0 Å². The fourth-order valence-corrected chi connectivity index (χ4v) is 6.55. The van der Waals surface area contributed by atoms with E-state index in [9.17, 15) is 9.18 Å². The molecule has 164 valence electrons. The van der Waals surface area contributed by atoms with Gasteiger partial charge in [0.05, 0.1) is 5.69 Å². The van der Waals surface area contributed by atoms with Crippen LogP contribution < -0.4 is 5.73 Å². The van der Waals surface area contributed by atoms with Crippen LogP contribution in [-0.2, 0) is 12.8 Å². The van der Waals surface area contributed by atoms with E-state index in [1.807, 2.05) is 0 Å². The second kappa shape index (κ2) is 7.78. The van der Waals surface area contributed by atoms with Gasteiger partial charge in [0.25, 0.3) is 0 Å². The average Bonchev–Trinajstić information content (AvgIpc) is 3.40. The van der Waals surface area contributed by atoms with E-state index in [1.54, 1.807) is 11.3 Å². The van der Waals surface area contributed by atoms with Crippen molar-refractivity contribution in [2.24, 2.45) is 11.3 Å². The number of ketones is 1. The number of carbonyl (C=O) groups excluding carboxylic acids is 1. The van der Waals surface area contributed by atoms with Crippen molar-refractivity contribution in [1.82, 2.24) is 4.98 Å². The van der Waals surface area contributed by atoms with Gasteiger partial charge >= 0.3 is 0 Å². The number of hydrogen-bond donors (Lipinski definition) is 1. The predicted molar refractivity (Wildman–Crippen MR) is 132 cm³/mol. The van der Waals surface area contributed by atoms with E-state index in [0.29, 0.717) is 22.0 Å². The van der Waals surface area contributed by atoms with Gasteiger partial charge < -0.3 is 5.73 Å². The number of halogens is 1. The highest BCUT2D eigenvalue weighted by atomic mass is 32.1. The molecule has 0 radical (unpaired) electrons. The van der Waals surface area contributed by atoms with Gasteiger partial charge in [0.2, 0.25) is 5.78 Å². The normalized spacial score (nSPS) is 16.3. The van der Waals surface area contributed by atoms with Crippen LogP contribution in [0.25, 0.3) is 20.7 Å². The highest BCUT2D eigenvalue weighted by Gasteiger charge is 2.33. The van der Waals surface area contributed by atoms with Crippen LogP contribution in [0.5, 0.6) is 0 Å². The molecule has 0 saturated carbocycles. The summed E-state index contributed by atoms with van der Waals surface area (Å²) in [6.07, 6.45) is 3.01. The minimum atomic E-state index is -0.367. The molecule has 1 atom stereocenters. The van der Waals surface area contributed by atoms with Gasteiger partial charge in [-0.3, -0.25) is 4.79 Å². The van der Waals surface area contributed by atoms with E-state index in [0.717, 1.165) is 45.6 Å². The Balaban J connectivity index is 1.72. The Morgan fingerprint density at radius 1 is 1.19 bits per heavy atom. The van der Waals surface area contributed by atoms with Gasteiger partial charge in [-0.25, -0.2) is 9.37 Å². The molecule has 0 fully saturated rings. The van der Waals surface area contributed by atoms with Gasteiger partial charge in [-0.15, -0.1) is 22.7 Å². The van der Waals surface area contributed by atoms with Crippen LogP contribution in [0.1, 0.15) is 53.7 Å². The molecule has 0 aliphatic heterocycles. The number of aromatic nitrogens is 1. The molecule has 1 aromatic carbocycles. The van der Waals surface area contributed by atoms with Crippen molar-refractivity contribution in [2.45, 2.75) is 40.0 Å². The third-order valence-electron chi connectivity index (χ3n) is 6.55. The summed E-state index contributed by atoms with van der Waals surface area (Å²) in [5.74, 6) is 0.00917. The Labute approximate surface area is 195 Å². The number of aryl methyl sites for hydroxylation is 1. The smallest absolute Gasteiger partial charge is 0.205 e. The first-order valence-electron chi connectivity index (χ1n) is 10.8. The number of hydrogen-bond acceptors (Lipinski definition) is 5. The van der Waals surface area contributed by atoms with Gasteiger partial charge in [0.1, 0.15) is 15.5 Å². The summed E-state index contributed by atoms with van der Waals surface area (Å²) in [4.78, 5) is 20.7. The fourth-order valence-electron chi connectivity index (χ4n) is 4.66. The molecule has 0 unspecified atom stereocenters. The Hall–Kier alpha value is -2.57. The van der Waals surface area contributed by atoms with Crippen LogP contribution in [0.4, 0.5) is 10.1 Å². The first kappa shape index (κ1) is 21.3. The lowest BCUT2D eigenvalue weighted by Gasteiger charge is -2.35. The SMILES string of the molecule is CC(C)(C)[C@H]1CCc2nc3sc(C(=O)c4ccc(F)cc4)c(N)c3c(-c3cccs3)c2C1. The van der Waals surface area contributed by atoms with Crippen LogP contribution in [-0.4, -0.2) is 10.8 Å². The predicted octanol–water partition coefficient (Wildman–Crippen LogP) is 7.13. The number of nitrogens with two attached hydrogens (primary N) is 1. The van der Waals surface area contributed by atoms with E-state index < -0.39 is 0 Å². The molecule has 0 amide bonds. The molecule has 2 N–H and O–H groups in total. The number of nitrogens with zero attached hydrogens (tertiary/aromatic N) is 1. The molecule has 5 rings (SSSR count). The largest absolute Gasteiger partial charge is 0.397 e. The molecule has 0 saturated heterocycles. The molecule has 3 aromatic heterocycles. The van der Waals surface area contributed by atoms with Gasteiger partial charge in [-0.1, -0.05) is 26.8 Å². The number of pyridine rings is 1. The minimum absolute atomic E-state index is 0.187. The number of nitrogen functional groups attached to an aromatic ring is 1. The zero-order chi connectivity index (χ0) is 22.6. The van der Waals surface area contributed by atoms with Gasteiger partial charge in [0, 0.05) is 27.1 Å².